The molecule has 0 unspecified atom stereocenters. The Labute approximate surface area is 210 Å². The third kappa shape index (κ3) is 6.09. The minimum atomic E-state index is -0.323. The highest BCUT2D eigenvalue weighted by Crippen LogP contribution is 2.34. The van der Waals surface area contributed by atoms with Crippen molar-refractivity contribution in [3.63, 3.8) is 0 Å². The van der Waals surface area contributed by atoms with E-state index in [1.54, 1.807) is 40.5 Å². The number of hydrogen-bond acceptors (Lipinski definition) is 4. The maximum atomic E-state index is 13.6. The molecule has 1 aliphatic rings. The molecule has 0 spiro atoms. The molecule has 0 bridgehead atoms. The van der Waals surface area contributed by atoms with E-state index >= 15 is 0 Å². The van der Waals surface area contributed by atoms with Gasteiger partial charge in [-0.1, -0.05) is 38.5 Å². The van der Waals surface area contributed by atoms with Gasteiger partial charge in [-0.2, -0.15) is 0 Å². The van der Waals surface area contributed by atoms with Crippen LogP contribution in [0.15, 0.2) is 66.0 Å². The lowest BCUT2D eigenvalue weighted by molar-refractivity contribution is -0.135. The van der Waals surface area contributed by atoms with E-state index in [9.17, 15) is 14.0 Å². The van der Waals surface area contributed by atoms with Crippen molar-refractivity contribution < 1.29 is 18.7 Å². The summed E-state index contributed by atoms with van der Waals surface area (Å²) in [6, 6.07) is 16.8. The SMILES string of the molecule is CC[C@@H](C)CN(CC(=O)N1CCc2sccc2[C@@H]1COc1ccc(F)cc1)C(=O)c1ccccc1. The van der Waals surface area contributed by atoms with Crippen LogP contribution in [-0.2, 0) is 11.2 Å². The molecule has 2 amide bonds. The van der Waals surface area contributed by atoms with Gasteiger partial charge in [0.15, 0.2) is 0 Å². The predicted molar refractivity (Wildman–Crippen MR) is 136 cm³/mol. The molecule has 5 nitrogen and oxygen atoms in total. The molecule has 0 N–H and O–H groups in total. The second kappa shape index (κ2) is 11.5. The van der Waals surface area contributed by atoms with Crippen molar-refractivity contribution >= 4 is 23.2 Å². The molecule has 0 radical (unpaired) electrons. The van der Waals surface area contributed by atoms with Crippen LogP contribution in [0.4, 0.5) is 4.39 Å². The highest BCUT2D eigenvalue weighted by molar-refractivity contribution is 7.10. The molecule has 0 fully saturated rings. The molecule has 2 heterocycles. The first-order chi connectivity index (χ1) is 17.0. The number of benzene rings is 2. The van der Waals surface area contributed by atoms with Gasteiger partial charge in [0.25, 0.3) is 5.91 Å². The summed E-state index contributed by atoms with van der Waals surface area (Å²) in [5, 5.41) is 2.04. The smallest absolute Gasteiger partial charge is 0.254 e. The van der Waals surface area contributed by atoms with Crippen LogP contribution in [0.5, 0.6) is 5.75 Å². The van der Waals surface area contributed by atoms with Gasteiger partial charge in [0.1, 0.15) is 24.7 Å². The van der Waals surface area contributed by atoms with E-state index in [1.165, 1.54) is 17.0 Å². The molecule has 184 valence electrons. The van der Waals surface area contributed by atoms with Crippen molar-refractivity contribution in [3.05, 3.63) is 87.9 Å². The van der Waals surface area contributed by atoms with Gasteiger partial charge in [0.05, 0.1) is 6.04 Å². The minimum absolute atomic E-state index is 0.0184. The van der Waals surface area contributed by atoms with Crippen molar-refractivity contribution in [2.45, 2.75) is 32.7 Å². The molecule has 0 saturated carbocycles. The fraction of sp³-hybridized carbons (Fsp3) is 0.357. The van der Waals surface area contributed by atoms with Crippen LogP contribution in [0.25, 0.3) is 0 Å². The lowest BCUT2D eigenvalue weighted by Gasteiger charge is -2.37. The number of carbonyl (C=O) groups excluding carboxylic acids is 2. The van der Waals surface area contributed by atoms with Crippen LogP contribution in [0.2, 0.25) is 0 Å². The first kappa shape index (κ1) is 24.9. The summed E-state index contributed by atoms with van der Waals surface area (Å²) in [6.45, 7) is 5.55. The fourth-order valence-corrected chi connectivity index (χ4v) is 5.25. The molecular formula is C28H31FN2O3S. The number of ether oxygens (including phenoxy) is 1. The van der Waals surface area contributed by atoms with Gasteiger partial charge in [-0.15, -0.1) is 11.3 Å². The molecule has 35 heavy (non-hydrogen) atoms. The van der Waals surface area contributed by atoms with Gasteiger partial charge in [-0.3, -0.25) is 9.59 Å². The fourth-order valence-electron chi connectivity index (χ4n) is 4.32. The normalized spacial score (nSPS) is 15.9. The Hall–Kier alpha value is -3.19. The second-order valence-electron chi connectivity index (χ2n) is 8.98. The molecule has 0 saturated heterocycles. The van der Waals surface area contributed by atoms with Crippen LogP contribution in [-0.4, -0.2) is 47.9 Å². The topological polar surface area (TPSA) is 49.9 Å². The van der Waals surface area contributed by atoms with E-state index in [2.05, 4.69) is 13.8 Å². The van der Waals surface area contributed by atoms with Crippen molar-refractivity contribution in [2.24, 2.45) is 5.92 Å². The van der Waals surface area contributed by atoms with E-state index in [1.807, 2.05) is 34.5 Å². The highest BCUT2D eigenvalue weighted by Gasteiger charge is 2.34. The van der Waals surface area contributed by atoms with Crippen molar-refractivity contribution in [1.29, 1.82) is 0 Å². The number of thiophene rings is 1. The molecule has 4 rings (SSSR count). The zero-order valence-electron chi connectivity index (χ0n) is 20.2. The van der Waals surface area contributed by atoms with Crippen LogP contribution >= 0.6 is 11.3 Å². The third-order valence-corrected chi connectivity index (χ3v) is 7.50. The van der Waals surface area contributed by atoms with Gasteiger partial charge < -0.3 is 14.5 Å². The van der Waals surface area contributed by atoms with E-state index in [0.717, 1.165) is 18.4 Å². The first-order valence-corrected chi connectivity index (χ1v) is 12.9. The molecule has 0 aliphatic carbocycles. The first-order valence-electron chi connectivity index (χ1n) is 12.0. The molecule has 2 aromatic carbocycles. The van der Waals surface area contributed by atoms with Crippen molar-refractivity contribution in [2.75, 3.05) is 26.2 Å². The zero-order chi connectivity index (χ0) is 24.8. The average Bonchev–Trinajstić information content (AvgIpc) is 3.37. The summed E-state index contributed by atoms with van der Waals surface area (Å²) >= 11 is 1.69. The standard InChI is InChI=1S/C28H31FN2O3S/c1-3-20(2)17-30(28(33)21-7-5-4-6-8-21)18-27(32)31-15-13-26-24(14-16-35-26)25(31)19-34-23-11-9-22(29)10-12-23/h4-12,14,16,20,25H,3,13,15,17-19H2,1-2H3/t20-,25+/m1/s1. The monoisotopic (exact) mass is 494 g/mol. The molecule has 1 aliphatic heterocycles. The van der Waals surface area contributed by atoms with Crippen molar-refractivity contribution in [3.8, 4) is 5.75 Å². The quantitative estimate of drug-likeness (QED) is 0.390. The van der Waals surface area contributed by atoms with Gasteiger partial charge in [-0.05, 0) is 65.7 Å². The van der Waals surface area contributed by atoms with Crippen LogP contribution in [0.1, 0.15) is 47.1 Å². The lowest BCUT2D eigenvalue weighted by atomic mass is 10.00. The maximum Gasteiger partial charge on any atom is 0.254 e. The number of fused-ring (bicyclic) bond motifs is 1. The summed E-state index contributed by atoms with van der Waals surface area (Å²) in [5.74, 6) is 0.280. The van der Waals surface area contributed by atoms with Crippen LogP contribution < -0.4 is 4.74 Å². The number of nitrogens with zero attached hydrogens (tertiary/aromatic N) is 2. The van der Waals surface area contributed by atoms with Gasteiger partial charge in [-0.25, -0.2) is 4.39 Å². The highest BCUT2D eigenvalue weighted by atomic mass is 32.1. The third-order valence-electron chi connectivity index (χ3n) is 6.50. The molecule has 2 atom stereocenters. The maximum absolute atomic E-state index is 13.6. The van der Waals surface area contributed by atoms with E-state index in [4.69, 9.17) is 4.74 Å². The van der Waals surface area contributed by atoms with Crippen LogP contribution in [0.3, 0.4) is 0 Å². The molecular weight excluding hydrogens is 463 g/mol. The number of hydrogen-bond donors (Lipinski definition) is 0. The number of amides is 2. The average molecular weight is 495 g/mol. The van der Waals surface area contributed by atoms with Crippen LogP contribution in [0, 0.1) is 11.7 Å². The Morgan fingerprint density at radius 1 is 1.14 bits per heavy atom. The van der Waals surface area contributed by atoms with Gasteiger partial charge in [0.2, 0.25) is 5.91 Å². The van der Waals surface area contributed by atoms with Gasteiger partial charge >= 0.3 is 0 Å². The Kier molecular flexibility index (Phi) is 8.18. The summed E-state index contributed by atoms with van der Waals surface area (Å²) in [6.07, 6.45) is 1.70. The molecule has 7 heteroatoms. The summed E-state index contributed by atoms with van der Waals surface area (Å²) in [7, 11) is 0. The predicted octanol–water partition coefficient (Wildman–Crippen LogP) is 5.58. The van der Waals surface area contributed by atoms with E-state index < -0.39 is 0 Å². The minimum Gasteiger partial charge on any atom is -0.491 e. The molecule has 1 aromatic heterocycles. The number of rotatable bonds is 9. The summed E-state index contributed by atoms with van der Waals surface area (Å²) in [5.41, 5.74) is 1.66. The second-order valence-corrected chi connectivity index (χ2v) is 9.98. The Morgan fingerprint density at radius 2 is 1.89 bits per heavy atom. The zero-order valence-corrected chi connectivity index (χ0v) is 21.0. The number of halogens is 1. The summed E-state index contributed by atoms with van der Waals surface area (Å²) < 4.78 is 19.3. The van der Waals surface area contributed by atoms with E-state index in [-0.39, 0.29) is 42.7 Å². The Bertz CT molecular complexity index is 1130. The Morgan fingerprint density at radius 3 is 2.60 bits per heavy atom. The lowest BCUT2D eigenvalue weighted by Crippen LogP contribution is -2.48. The number of carbonyl (C=O) groups is 2. The molecule has 3 aromatic rings. The Balaban J connectivity index is 1.53. The largest absolute Gasteiger partial charge is 0.491 e. The van der Waals surface area contributed by atoms with Crippen molar-refractivity contribution in [1.82, 2.24) is 9.80 Å². The van der Waals surface area contributed by atoms with Gasteiger partial charge in [0, 0.05) is 23.5 Å². The summed E-state index contributed by atoms with van der Waals surface area (Å²) in [4.78, 5) is 31.7. The van der Waals surface area contributed by atoms with E-state index in [0.29, 0.717) is 24.4 Å².